The average molecular weight is 260 g/mol. The maximum absolute atomic E-state index is 12.1. The molecule has 0 aromatic heterocycles. The van der Waals surface area contributed by atoms with E-state index in [2.05, 4.69) is 4.74 Å². The van der Waals surface area contributed by atoms with Crippen molar-refractivity contribution in [2.75, 3.05) is 0 Å². The topological polar surface area (TPSA) is 26.3 Å². The van der Waals surface area contributed by atoms with E-state index in [1.807, 2.05) is 0 Å². The molecule has 0 radical (unpaired) electrons. The standard InChI is InChI=1S/C10H13F5O2/c11-8(12)7(10(13,14)15)17-9(16)6-4-2-1-3-5-6/h6-8H,1-5H2. The normalized spacial score (nSPS) is 20.4. The first-order chi connectivity index (χ1) is 7.82. The summed E-state index contributed by atoms with van der Waals surface area (Å²) < 4.78 is 64.6. The zero-order chi connectivity index (χ0) is 13.1. The molecule has 0 aromatic carbocycles. The van der Waals surface area contributed by atoms with Gasteiger partial charge in [-0.3, -0.25) is 4.79 Å². The Bertz CT molecular complexity index is 258. The molecule has 1 unspecified atom stereocenters. The van der Waals surface area contributed by atoms with Crippen molar-refractivity contribution < 1.29 is 31.5 Å². The van der Waals surface area contributed by atoms with E-state index in [-0.39, 0.29) is 0 Å². The van der Waals surface area contributed by atoms with Crippen LogP contribution in [0.5, 0.6) is 0 Å². The molecule has 0 bridgehead atoms. The van der Waals surface area contributed by atoms with Crippen LogP contribution in [0.4, 0.5) is 22.0 Å². The van der Waals surface area contributed by atoms with E-state index >= 15 is 0 Å². The van der Waals surface area contributed by atoms with Gasteiger partial charge in [0.05, 0.1) is 5.92 Å². The fraction of sp³-hybridized carbons (Fsp3) is 0.900. The first-order valence-corrected chi connectivity index (χ1v) is 5.37. The van der Waals surface area contributed by atoms with E-state index in [9.17, 15) is 26.7 Å². The molecule has 1 fully saturated rings. The fourth-order valence-corrected chi connectivity index (χ4v) is 1.82. The number of carbonyl (C=O) groups is 1. The number of esters is 1. The number of hydrogen-bond acceptors (Lipinski definition) is 2. The molecule has 1 rings (SSSR count). The Morgan fingerprint density at radius 2 is 1.65 bits per heavy atom. The second kappa shape index (κ2) is 5.64. The minimum absolute atomic E-state index is 0.409. The Kier molecular flexibility index (Phi) is 4.70. The van der Waals surface area contributed by atoms with E-state index in [4.69, 9.17) is 0 Å². The number of hydrogen-bond donors (Lipinski definition) is 0. The molecule has 0 saturated heterocycles. The lowest BCUT2D eigenvalue weighted by Crippen LogP contribution is -2.41. The molecule has 0 aromatic rings. The predicted octanol–water partition coefficient (Wildman–Crippen LogP) is 3.31. The smallest absolute Gasteiger partial charge is 0.431 e. The molecular weight excluding hydrogens is 247 g/mol. The van der Waals surface area contributed by atoms with Crippen molar-refractivity contribution in [1.82, 2.24) is 0 Å². The van der Waals surface area contributed by atoms with Gasteiger partial charge in [-0.15, -0.1) is 0 Å². The molecule has 0 N–H and O–H groups in total. The van der Waals surface area contributed by atoms with Crippen LogP contribution in [0.15, 0.2) is 0 Å². The van der Waals surface area contributed by atoms with Crippen molar-refractivity contribution in [3.63, 3.8) is 0 Å². The van der Waals surface area contributed by atoms with Crippen LogP contribution in [0.3, 0.4) is 0 Å². The molecule has 0 amide bonds. The summed E-state index contributed by atoms with van der Waals surface area (Å²) in [5.41, 5.74) is 0. The Morgan fingerprint density at radius 3 is 2.06 bits per heavy atom. The van der Waals surface area contributed by atoms with Crippen LogP contribution in [0.25, 0.3) is 0 Å². The third kappa shape index (κ3) is 4.12. The summed E-state index contributed by atoms with van der Waals surface area (Å²) in [6, 6.07) is 0. The Labute approximate surface area is 95.1 Å². The van der Waals surface area contributed by atoms with Gasteiger partial charge in [-0.1, -0.05) is 19.3 Å². The molecule has 7 heteroatoms. The molecule has 1 atom stereocenters. The van der Waals surface area contributed by atoms with Crippen molar-refractivity contribution >= 4 is 5.97 Å². The SMILES string of the molecule is O=C(OC(C(F)F)C(F)(F)F)C1CCCCC1. The largest absolute Gasteiger partial charge is 0.446 e. The van der Waals surface area contributed by atoms with Crippen LogP contribution in [0.1, 0.15) is 32.1 Å². The van der Waals surface area contributed by atoms with Crippen molar-refractivity contribution in [1.29, 1.82) is 0 Å². The number of carbonyl (C=O) groups excluding carboxylic acids is 1. The highest BCUT2D eigenvalue weighted by Gasteiger charge is 2.49. The highest BCUT2D eigenvalue weighted by Crippen LogP contribution is 2.31. The molecule has 0 aliphatic heterocycles. The first kappa shape index (κ1) is 14.2. The number of ether oxygens (including phenoxy) is 1. The van der Waals surface area contributed by atoms with E-state index in [1.54, 1.807) is 0 Å². The molecule has 1 aliphatic rings. The maximum atomic E-state index is 12.1. The van der Waals surface area contributed by atoms with Crippen LogP contribution in [-0.4, -0.2) is 24.7 Å². The molecule has 100 valence electrons. The molecular formula is C10H13F5O2. The van der Waals surface area contributed by atoms with Crippen molar-refractivity contribution in [2.45, 2.75) is 50.8 Å². The van der Waals surface area contributed by atoms with Gasteiger partial charge >= 0.3 is 12.1 Å². The van der Waals surface area contributed by atoms with Crippen LogP contribution >= 0.6 is 0 Å². The number of alkyl halides is 5. The molecule has 17 heavy (non-hydrogen) atoms. The zero-order valence-corrected chi connectivity index (χ0v) is 8.97. The second-order valence-corrected chi connectivity index (χ2v) is 4.07. The van der Waals surface area contributed by atoms with Gasteiger partial charge in [0, 0.05) is 0 Å². The van der Waals surface area contributed by atoms with Crippen molar-refractivity contribution in [2.24, 2.45) is 5.92 Å². The number of halogens is 5. The maximum Gasteiger partial charge on any atom is 0.431 e. The van der Waals surface area contributed by atoms with Gasteiger partial charge in [0.1, 0.15) is 0 Å². The number of rotatable bonds is 3. The van der Waals surface area contributed by atoms with Gasteiger partial charge in [0.15, 0.2) is 0 Å². The monoisotopic (exact) mass is 260 g/mol. The van der Waals surface area contributed by atoms with Gasteiger partial charge in [-0.05, 0) is 12.8 Å². The Morgan fingerprint density at radius 1 is 1.12 bits per heavy atom. The van der Waals surface area contributed by atoms with Crippen LogP contribution in [-0.2, 0) is 9.53 Å². The van der Waals surface area contributed by atoms with E-state index in [0.29, 0.717) is 25.7 Å². The molecule has 0 heterocycles. The molecule has 2 nitrogen and oxygen atoms in total. The lowest BCUT2D eigenvalue weighted by atomic mass is 9.89. The summed E-state index contributed by atoms with van der Waals surface area (Å²) in [6.07, 6.45) is -9.13. The van der Waals surface area contributed by atoms with Gasteiger partial charge in [-0.25, -0.2) is 8.78 Å². The van der Waals surface area contributed by atoms with Crippen LogP contribution < -0.4 is 0 Å². The summed E-state index contributed by atoms with van der Waals surface area (Å²) in [5, 5.41) is 0. The van der Waals surface area contributed by atoms with E-state index in [1.165, 1.54) is 0 Å². The van der Waals surface area contributed by atoms with Gasteiger partial charge in [0.25, 0.3) is 12.5 Å². The molecule has 1 saturated carbocycles. The lowest BCUT2D eigenvalue weighted by Gasteiger charge is -2.24. The molecule has 1 aliphatic carbocycles. The summed E-state index contributed by atoms with van der Waals surface area (Å²) >= 11 is 0. The minimum atomic E-state index is -5.22. The van der Waals surface area contributed by atoms with Crippen molar-refractivity contribution in [3.05, 3.63) is 0 Å². The highest BCUT2D eigenvalue weighted by atomic mass is 19.4. The quantitative estimate of drug-likeness (QED) is 0.575. The zero-order valence-electron chi connectivity index (χ0n) is 8.97. The Balaban J connectivity index is 2.57. The summed E-state index contributed by atoms with van der Waals surface area (Å²) in [4.78, 5) is 11.3. The second-order valence-electron chi connectivity index (χ2n) is 4.07. The van der Waals surface area contributed by atoms with Gasteiger partial charge < -0.3 is 4.74 Å². The van der Waals surface area contributed by atoms with Crippen LogP contribution in [0, 0.1) is 5.92 Å². The lowest BCUT2D eigenvalue weighted by molar-refractivity contribution is -0.251. The third-order valence-electron chi connectivity index (χ3n) is 2.73. The van der Waals surface area contributed by atoms with E-state index < -0.39 is 30.6 Å². The summed E-state index contributed by atoms with van der Waals surface area (Å²) in [7, 11) is 0. The highest BCUT2D eigenvalue weighted by molar-refractivity contribution is 5.72. The van der Waals surface area contributed by atoms with Gasteiger partial charge in [0.2, 0.25) is 0 Å². The third-order valence-corrected chi connectivity index (χ3v) is 2.73. The van der Waals surface area contributed by atoms with Crippen molar-refractivity contribution in [3.8, 4) is 0 Å². The van der Waals surface area contributed by atoms with E-state index in [0.717, 1.165) is 6.42 Å². The summed E-state index contributed by atoms with van der Waals surface area (Å²) in [5.74, 6) is -1.83. The Hall–Kier alpha value is -0.880. The van der Waals surface area contributed by atoms with Crippen LogP contribution in [0.2, 0.25) is 0 Å². The predicted molar refractivity (Wildman–Crippen MR) is 48.5 cm³/mol. The fourth-order valence-electron chi connectivity index (χ4n) is 1.82. The summed E-state index contributed by atoms with van der Waals surface area (Å²) in [6.45, 7) is 0. The first-order valence-electron chi connectivity index (χ1n) is 5.37. The average Bonchev–Trinajstić information content (AvgIpc) is 2.24. The molecule has 0 spiro atoms. The van der Waals surface area contributed by atoms with Gasteiger partial charge in [-0.2, -0.15) is 13.2 Å². The minimum Gasteiger partial charge on any atom is -0.446 e.